The van der Waals surface area contributed by atoms with Crippen molar-refractivity contribution < 1.29 is 19.6 Å². The van der Waals surface area contributed by atoms with E-state index in [1.165, 1.54) is 25.1 Å². The van der Waals surface area contributed by atoms with Gasteiger partial charge in [-0.25, -0.2) is 4.79 Å². The van der Waals surface area contributed by atoms with E-state index in [-0.39, 0.29) is 23.7 Å². The quantitative estimate of drug-likeness (QED) is 0.617. The van der Waals surface area contributed by atoms with Crippen molar-refractivity contribution in [2.45, 2.75) is 6.92 Å². The first kappa shape index (κ1) is 14.4. The Balaban J connectivity index is 2.97. The second kappa shape index (κ2) is 6.29. The van der Waals surface area contributed by atoms with Crippen LogP contribution in [-0.4, -0.2) is 28.5 Å². The van der Waals surface area contributed by atoms with Gasteiger partial charge in [0.2, 0.25) is 5.91 Å². The zero-order valence-electron chi connectivity index (χ0n) is 10.1. The lowest BCUT2D eigenvalue weighted by molar-refractivity contribution is -0.384. The van der Waals surface area contributed by atoms with E-state index >= 15 is 0 Å². The number of rotatable bonds is 5. The van der Waals surface area contributed by atoms with Crippen molar-refractivity contribution in [2.75, 3.05) is 6.54 Å². The van der Waals surface area contributed by atoms with E-state index in [0.717, 1.165) is 6.07 Å². The molecule has 0 aliphatic heterocycles. The molecule has 7 heteroatoms. The molecule has 1 aromatic rings. The number of amides is 1. The van der Waals surface area contributed by atoms with Crippen molar-refractivity contribution in [3.63, 3.8) is 0 Å². The number of nitrogens with zero attached hydrogens (tertiary/aromatic N) is 1. The minimum absolute atomic E-state index is 0.159. The molecule has 0 spiro atoms. The highest BCUT2D eigenvalue weighted by Gasteiger charge is 2.14. The first-order valence-corrected chi connectivity index (χ1v) is 5.34. The van der Waals surface area contributed by atoms with Crippen LogP contribution in [0.1, 0.15) is 22.8 Å². The van der Waals surface area contributed by atoms with Gasteiger partial charge in [0.05, 0.1) is 10.5 Å². The Morgan fingerprint density at radius 1 is 1.47 bits per heavy atom. The smallest absolute Gasteiger partial charge is 0.336 e. The maximum Gasteiger partial charge on any atom is 0.336 e. The number of carbonyl (C=O) groups is 2. The van der Waals surface area contributed by atoms with Gasteiger partial charge in [-0.3, -0.25) is 14.9 Å². The van der Waals surface area contributed by atoms with Crippen molar-refractivity contribution in [2.24, 2.45) is 0 Å². The summed E-state index contributed by atoms with van der Waals surface area (Å²) in [6, 6.07) is 3.58. The first-order valence-electron chi connectivity index (χ1n) is 5.34. The van der Waals surface area contributed by atoms with Gasteiger partial charge in [0.1, 0.15) is 0 Å². The molecule has 0 saturated heterocycles. The Morgan fingerprint density at radius 2 is 2.16 bits per heavy atom. The summed E-state index contributed by atoms with van der Waals surface area (Å²) in [6.45, 7) is 1.62. The Hall–Kier alpha value is -2.70. The molecule has 7 nitrogen and oxygen atoms in total. The van der Waals surface area contributed by atoms with Crippen LogP contribution in [0.3, 0.4) is 0 Å². The van der Waals surface area contributed by atoms with Crippen LogP contribution >= 0.6 is 0 Å². The SMILES string of the molecule is CC(=O)NCC=Cc1ccc([N+](=O)[O-])cc1C(=O)O. The molecular formula is C12H12N2O5. The Kier molecular flexibility index (Phi) is 4.76. The number of nitro groups is 1. The van der Waals surface area contributed by atoms with Gasteiger partial charge in [-0.15, -0.1) is 0 Å². The van der Waals surface area contributed by atoms with E-state index in [2.05, 4.69) is 5.32 Å². The molecule has 0 aliphatic rings. The number of hydrogen-bond acceptors (Lipinski definition) is 4. The zero-order valence-corrected chi connectivity index (χ0v) is 10.1. The van der Waals surface area contributed by atoms with Crippen molar-refractivity contribution in [1.29, 1.82) is 0 Å². The van der Waals surface area contributed by atoms with Crippen LogP contribution in [0.15, 0.2) is 24.3 Å². The van der Waals surface area contributed by atoms with Gasteiger partial charge < -0.3 is 10.4 Å². The van der Waals surface area contributed by atoms with E-state index in [1.54, 1.807) is 6.08 Å². The summed E-state index contributed by atoms with van der Waals surface area (Å²) in [5.41, 5.74) is -0.104. The molecule has 100 valence electrons. The van der Waals surface area contributed by atoms with Crippen LogP contribution < -0.4 is 5.32 Å². The molecule has 0 aromatic heterocycles. The number of nitro benzene ring substituents is 1. The zero-order chi connectivity index (χ0) is 14.4. The van der Waals surface area contributed by atoms with Crippen LogP contribution in [0.25, 0.3) is 6.08 Å². The van der Waals surface area contributed by atoms with Crippen molar-refractivity contribution in [1.82, 2.24) is 5.32 Å². The largest absolute Gasteiger partial charge is 0.478 e. The summed E-state index contributed by atoms with van der Waals surface area (Å²) in [7, 11) is 0. The number of hydrogen-bond donors (Lipinski definition) is 2. The summed E-state index contributed by atoms with van der Waals surface area (Å²) in [6.07, 6.45) is 3.05. The summed E-state index contributed by atoms with van der Waals surface area (Å²) < 4.78 is 0. The molecule has 0 aliphatic carbocycles. The molecular weight excluding hydrogens is 252 g/mol. The van der Waals surface area contributed by atoms with Gasteiger partial charge >= 0.3 is 5.97 Å². The maximum absolute atomic E-state index is 11.0. The second-order valence-corrected chi connectivity index (χ2v) is 3.67. The minimum atomic E-state index is -1.25. The highest BCUT2D eigenvalue weighted by atomic mass is 16.6. The van der Waals surface area contributed by atoms with E-state index in [0.29, 0.717) is 5.56 Å². The fourth-order valence-electron chi connectivity index (χ4n) is 1.38. The lowest BCUT2D eigenvalue weighted by Gasteiger charge is -2.01. The molecule has 19 heavy (non-hydrogen) atoms. The van der Waals surface area contributed by atoms with E-state index in [4.69, 9.17) is 5.11 Å². The highest BCUT2D eigenvalue weighted by molar-refractivity contribution is 5.93. The van der Waals surface area contributed by atoms with Crippen LogP contribution in [0.5, 0.6) is 0 Å². The predicted molar refractivity (Wildman–Crippen MR) is 67.8 cm³/mol. The molecule has 0 saturated carbocycles. The topological polar surface area (TPSA) is 110 Å². The van der Waals surface area contributed by atoms with E-state index < -0.39 is 10.9 Å². The molecule has 0 radical (unpaired) electrons. The number of nitrogens with one attached hydrogen (secondary N) is 1. The second-order valence-electron chi connectivity index (χ2n) is 3.67. The number of aromatic carboxylic acids is 1. The molecule has 0 atom stereocenters. The van der Waals surface area contributed by atoms with E-state index in [9.17, 15) is 19.7 Å². The van der Waals surface area contributed by atoms with Gasteiger partial charge in [0.25, 0.3) is 5.69 Å². The van der Waals surface area contributed by atoms with Crippen molar-refractivity contribution >= 4 is 23.6 Å². The van der Waals surface area contributed by atoms with Crippen LogP contribution in [0.2, 0.25) is 0 Å². The third-order valence-corrected chi connectivity index (χ3v) is 2.24. The van der Waals surface area contributed by atoms with Gasteiger partial charge in [-0.1, -0.05) is 12.2 Å². The van der Waals surface area contributed by atoms with Crippen LogP contribution in [0, 0.1) is 10.1 Å². The normalized spacial score (nSPS) is 10.4. The molecule has 1 aromatic carbocycles. The van der Waals surface area contributed by atoms with Crippen LogP contribution in [-0.2, 0) is 4.79 Å². The number of carboxylic acids is 1. The van der Waals surface area contributed by atoms with E-state index in [1.807, 2.05) is 0 Å². The minimum Gasteiger partial charge on any atom is -0.478 e. The number of benzene rings is 1. The highest BCUT2D eigenvalue weighted by Crippen LogP contribution is 2.19. The fraction of sp³-hybridized carbons (Fsp3) is 0.167. The molecule has 0 bridgehead atoms. The van der Waals surface area contributed by atoms with Crippen molar-refractivity contribution in [3.8, 4) is 0 Å². The molecule has 0 unspecified atom stereocenters. The van der Waals surface area contributed by atoms with Gasteiger partial charge in [0.15, 0.2) is 0 Å². The summed E-state index contributed by atoms with van der Waals surface area (Å²) >= 11 is 0. The number of carbonyl (C=O) groups excluding carboxylic acids is 1. The maximum atomic E-state index is 11.0. The first-order chi connectivity index (χ1) is 8.91. The van der Waals surface area contributed by atoms with Gasteiger partial charge in [-0.05, 0) is 11.6 Å². The number of non-ortho nitro benzene ring substituents is 1. The standard InChI is InChI=1S/C12H12N2O5/c1-8(15)13-6-2-3-9-4-5-10(14(18)19)7-11(9)12(16)17/h2-5,7H,6H2,1H3,(H,13,15)(H,16,17). The lowest BCUT2D eigenvalue weighted by atomic mass is 10.1. The fourth-order valence-corrected chi connectivity index (χ4v) is 1.38. The number of carboxylic acid groups (broad SMARTS) is 1. The van der Waals surface area contributed by atoms with Crippen molar-refractivity contribution in [3.05, 3.63) is 45.5 Å². The summed E-state index contributed by atoms with van der Waals surface area (Å²) in [5.74, 6) is -1.45. The average molecular weight is 264 g/mol. The molecule has 0 fully saturated rings. The molecule has 1 rings (SSSR count). The van der Waals surface area contributed by atoms with Gasteiger partial charge in [-0.2, -0.15) is 0 Å². The molecule has 1 amide bonds. The third-order valence-electron chi connectivity index (χ3n) is 2.24. The monoisotopic (exact) mass is 264 g/mol. The third kappa shape index (κ3) is 4.23. The summed E-state index contributed by atoms with van der Waals surface area (Å²) in [5, 5.41) is 22.1. The predicted octanol–water partition coefficient (Wildman–Crippen LogP) is 1.44. The van der Waals surface area contributed by atoms with Gasteiger partial charge in [0, 0.05) is 25.6 Å². The Bertz CT molecular complexity index is 551. The average Bonchev–Trinajstić information content (AvgIpc) is 2.34. The Morgan fingerprint density at radius 3 is 2.68 bits per heavy atom. The van der Waals surface area contributed by atoms with Crippen LogP contribution in [0.4, 0.5) is 5.69 Å². The lowest BCUT2D eigenvalue weighted by Crippen LogP contribution is -2.19. The molecule has 0 heterocycles. The molecule has 2 N–H and O–H groups in total. The Labute approximate surface area is 108 Å². The summed E-state index contributed by atoms with van der Waals surface area (Å²) in [4.78, 5) is 31.6.